The molecule has 5 nitrogen and oxygen atoms in total. The molecule has 1 amide bonds. The highest BCUT2D eigenvalue weighted by Crippen LogP contribution is 2.36. The molecular formula is C25H15Br2N3O2S2. The smallest absolute Gasteiger partial charge is 0.293 e. The van der Waals surface area contributed by atoms with Crippen LogP contribution in [0.1, 0.15) is 10.6 Å². The first-order valence-corrected chi connectivity index (χ1v) is 12.9. The van der Waals surface area contributed by atoms with Crippen LogP contribution >= 0.6 is 55.4 Å². The second kappa shape index (κ2) is 9.79. The Morgan fingerprint density at radius 3 is 2.50 bits per heavy atom. The average molecular weight is 613 g/mol. The summed E-state index contributed by atoms with van der Waals surface area (Å²) in [5.74, 6) is 0.339. The zero-order valence-corrected chi connectivity index (χ0v) is 22.1. The summed E-state index contributed by atoms with van der Waals surface area (Å²) >= 11 is 13.9. The Balaban J connectivity index is 1.33. The number of halogens is 2. The maximum atomic E-state index is 12.7. The van der Waals surface area contributed by atoms with Crippen molar-refractivity contribution in [2.24, 2.45) is 0 Å². The molecule has 0 aliphatic rings. The van der Waals surface area contributed by atoms with E-state index in [-0.39, 0.29) is 10.9 Å². The van der Waals surface area contributed by atoms with Crippen molar-refractivity contribution >= 4 is 82.3 Å². The van der Waals surface area contributed by atoms with Gasteiger partial charge < -0.3 is 9.73 Å². The molecule has 0 radical (unpaired) electrons. The zero-order valence-electron chi connectivity index (χ0n) is 17.3. The van der Waals surface area contributed by atoms with Crippen LogP contribution in [0, 0.1) is 0 Å². The summed E-state index contributed by atoms with van der Waals surface area (Å²) in [5.41, 5.74) is 3.42. The third kappa shape index (κ3) is 4.97. The minimum Gasteiger partial charge on any atom is -0.451 e. The molecule has 0 unspecified atom stereocenters. The molecule has 0 aliphatic carbocycles. The van der Waals surface area contributed by atoms with Crippen molar-refractivity contribution in [3.05, 3.63) is 93.6 Å². The van der Waals surface area contributed by atoms with Gasteiger partial charge in [-0.1, -0.05) is 56.1 Å². The van der Waals surface area contributed by atoms with Crippen LogP contribution in [0.15, 0.2) is 92.2 Å². The van der Waals surface area contributed by atoms with Crippen molar-refractivity contribution in [2.75, 3.05) is 5.32 Å². The molecule has 0 saturated carbocycles. The molecule has 2 heterocycles. The largest absolute Gasteiger partial charge is 0.451 e. The number of fused-ring (bicyclic) bond motifs is 1. The lowest BCUT2D eigenvalue weighted by Crippen LogP contribution is -2.34. The fourth-order valence-electron chi connectivity index (χ4n) is 3.34. The number of nitrogens with one attached hydrogen (secondary N) is 2. The van der Waals surface area contributed by atoms with Crippen LogP contribution in [-0.4, -0.2) is 16.0 Å². The Kier molecular flexibility index (Phi) is 6.60. The Labute approximate surface area is 221 Å². The first-order valence-electron chi connectivity index (χ1n) is 10.1. The van der Waals surface area contributed by atoms with E-state index in [1.165, 1.54) is 0 Å². The Hall–Kier alpha value is -2.85. The van der Waals surface area contributed by atoms with Crippen molar-refractivity contribution in [2.45, 2.75) is 0 Å². The van der Waals surface area contributed by atoms with Gasteiger partial charge in [0, 0.05) is 20.1 Å². The summed E-state index contributed by atoms with van der Waals surface area (Å²) in [5, 5.41) is 6.83. The molecule has 2 aromatic heterocycles. The molecule has 5 rings (SSSR count). The molecule has 0 atom stereocenters. The summed E-state index contributed by atoms with van der Waals surface area (Å²) in [6.07, 6.45) is 0. The van der Waals surface area contributed by atoms with Gasteiger partial charge in [0.2, 0.25) is 0 Å². The van der Waals surface area contributed by atoms with Crippen molar-refractivity contribution in [3.8, 4) is 21.9 Å². The maximum Gasteiger partial charge on any atom is 0.293 e. The Bertz CT molecular complexity index is 1490. The zero-order chi connectivity index (χ0) is 23.7. The van der Waals surface area contributed by atoms with Gasteiger partial charge in [0.15, 0.2) is 10.9 Å². The van der Waals surface area contributed by atoms with E-state index in [1.54, 1.807) is 23.5 Å². The fraction of sp³-hybridized carbons (Fsp3) is 0. The number of thiazole rings is 1. The lowest BCUT2D eigenvalue weighted by Gasteiger charge is -2.12. The number of furan rings is 1. The number of amides is 1. The Morgan fingerprint density at radius 1 is 0.941 bits per heavy atom. The molecule has 0 bridgehead atoms. The summed E-state index contributed by atoms with van der Waals surface area (Å²) in [6.45, 7) is 0. The number of hydrogen-bond acceptors (Lipinski definition) is 5. The number of aromatic nitrogens is 1. The van der Waals surface area contributed by atoms with Crippen LogP contribution in [0.25, 0.3) is 32.1 Å². The summed E-state index contributed by atoms with van der Waals surface area (Å²) in [6, 6.07) is 24.8. The molecule has 3 aromatic carbocycles. The van der Waals surface area contributed by atoms with Crippen LogP contribution in [0.4, 0.5) is 5.69 Å². The highest BCUT2D eigenvalue weighted by Gasteiger charge is 2.16. The van der Waals surface area contributed by atoms with Crippen molar-refractivity contribution < 1.29 is 9.21 Å². The molecule has 0 spiro atoms. The number of hydrogen-bond donors (Lipinski definition) is 2. The van der Waals surface area contributed by atoms with Gasteiger partial charge in [0.25, 0.3) is 5.91 Å². The van der Waals surface area contributed by atoms with Gasteiger partial charge in [-0.15, -0.1) is 11.3 Å². The second-order valence-corrected chi connectivity index (χ2v) is 10.5. The average Bonchev–Trinajstić information content (AvgIpc) is 3.48. The van der Waals surface area contributed by atoms with E-state index in [0.29, 0.717) is 5.76 Å². The van der Waals surface area contributed by atoms with Crippen LogP contribution in [0.3, 0.4) is 0 Å². The number of nitrogens with zero attached hydrogens (tertiary/aromatic N) is 1. The van der Waals surface area contributed by atoms with Crippen molar-refractivity contribution in [1.82, 2.24) is 10.3 Å². The number of para-hydroxylation sites is 1. The molecule has 2 N–H and O–H groups in total. The summed E-state index contributed by atoms with van der Waals surface area (Å²) in [7, 11) is 0. The second-order valence-electron chi connectivity index (χ2n) is 7.26. The first kappa shape index (κ1) is 22.9. The van der Waals surface area contributed by atoms with Gasteiger partial charge in [0.05, 0.1) is 15.9 Å². The maximum absolute atomic E-state index is 12.7. The number of rotatable bonds is 4. The SMILES string of the molecule is O=C(NC(=S)Nc1ccc(Br)cc1-c1nc2ccccc2s1)c1ccc(-c2ccc(Br)cc2)o1. The molecule has 0 fully saturated rings. The van der Waals surface area contributed by atoms with E-state index in [2.05, 4.69) is 42.5 Å². The lowest BCUT2D eigenvalue weighted by molar-refractivity contribution is 0.0951. The normalized spacial score (nSPS) is 10.9. The number of benzene rings is 3. The van der Waals surface area contributed by atoms with Crippen LogP contribution in [0.2, 0.25) is 0 Å². The molecule has 168 valence electrons. The Morgan fingerprint density at radius 2 is 1.71 bits per heavy atom. The molecule has 9 heteroatoms. The van der Waals surface area contributed by atoms with Crippen LogP contribution in [-0.2, 0) is 0 Å². The van der Waals surface area contributed by atoms with Gasteiger partial charge in [-0.05, 0) is 66.8 Å². The standard InChI is InChI=1S/C25H15Br2N3O2S2/c26-15-7-5-14(6-8-15)20-11-12-21(32-20)23(31)30-25(33)29-18-10-9-16(27)13-17(18)24-28-19-3-1-2-4-22(19)34-24/h1-13H,(H2,29,30,31,33). The van der Waals surface area contributed by atoms with E-state index in [9.17, 15) is 4.79 Å². The predicted octanol–water partition coefficient (Wildman–Crippen LogP) is 7.88. The van der Waals surface area contributed by atoms with E-state index in [4.69, 9.17) is 21.6 Å². The van der Waals surface area contributed by atoms with Crippen LogP contribution < -0.4 is 10.6 Å². The van der Waals surface area contributed by atoms with Crippen molar-refractivity contribution in [1.29, 1.82) is 0 Å². The van der Waals surface area contributed by atoms with Gasteiger partial charge in [-0.3, -0.25) is 10.1 Å². The minimum absolute atomic E-state index is 0.163. The molecule has 0 aliphatic heterocycles. The highest BCUT2D eigenvalue weighted by atomic mass is 79.9. The fourth-order valence-corrected chi connectivity index (χ4v) is 5.16. The van der Waals surface area contributed by atoms with Crippen molar-refractivity contribution in [3.63, 3.8) is 0 Å². The van der Waals surface area contributed by atoms with Crippen LogP contribution in [0.5, 0.6) is 0 Å². The topological polar surface area (TPSA) is 67.2 Å². The molecule has 5 aromatic rings. The highest BCUT2D eigenvalue weighted by molar-refractivity contribution is 9.10. The number of anilines is 1. The molecule has 0 saturated heterocycles. The van der Waals surface area contributed by atoms with Gasteiger partial charge in [0.1, 0.15) is 10.8 Å². The number of carbonyl (C=O) groups excluding carboxylic acids is 1. The third-order valence-electron chi connectivity index (χ3n) is 4.94. The van der Waals surface area contributed by atoms with Gasteiger partial charge >= 0.3 is 0 Å². The van der Waals surface area contributed by atoms with E-state index in [1.807, 2.05) is 66.7 Å². The first-order chi connectivity index (χ1) is 16.5. The number of carbonyl (C=O) groups is 1. The third-order valence-corrected chi connectivity index (χ3v) is 7.24. The minimum atomic E-state index is -0.431. The summed E-state index contributed by atoms with van der Waals surface area (Å²) in [4.78, 5) is 17.5. The predicted molar refractivity (Wildman–Crippen MR) is 148 cm³/mol. The van der Waals surface area contributed by atoms with E-state index < -0.39 is 5.91 Å². The summed E-state index contributed by atoms with van der Waals surface area (Å²) < 4.78 is 8.71. The van der Waals surface area contributed by atoms with Gasteiger partial charge in [-0.2, -0.15) is 0 Å². The number of thiocarbonyl (C=S) groups is 1. The quantitative estimate of drug-likeness (QED) is 0.202. The molecule has 34 heavy (non-hydrogen) atoms. The lowest BCUT2D eigenvalue weighted by atomic mass is 10.2. The monoisotopic (exact) mass is 611 g/mol. The molecular weight excluding hydrogens is 598 g/mol. The van der Waals surface area contributed by atoms with E-state index >= 15 is 0 Å². The van der Waals surface area contributed by atoms with E-state index in [0.717, 1.165) is 41.0 Å². The van der Waals surface area contributed by atoms with Gasteiger partial charge in [-0.25, -0.2) is 4.98 Å².